The first-order valence-corrected chi connectivity index (χ1v) is 8.33. The number of nitrogens with zero attached hydrogens (tertiary/aromatic N) is 2. The summed E-state index contributed by atoms with van der Waals surface area (Å²) >= 11 is 0. The maximum Gasteiger partial charge on any atom is 0.247 e. The van der Waals surface area contributed by atoms with Gasteiger partial charge in [-0.05, 0) is 36.6 Å². The Labute approximate surface area is 130 Å². The van der Waals surface area contributed by atoms with Crippen LogP contribution in [0.3, 0.4) is 0 Å². The Morgan fingerprint density at radius 2 is 2.05 bits per heavy atom. The van der Waals surface area contributed by atoms with E-state index in [2.05, 4.69) is 4.72 Å². The molecule has 0 saturated heterocycles. The fourth-order valence-corrected chi connectivity index (χ4v) is 3.03. The summed E-state index contributed by atoms with van der Waals surface area (Å²) in [6.45, 7) is 0.0210. The van der Waals surface area contributed by atoms with Gasteiger partial charge in [-0.15, -0.1) is 0 Å². The van der Waals surface area contributed by atoms with Gasteiger partial charge in [0, 0.05) is 19.2 Å². The highest BCUT2D eigenvalue weighted by atomic mass is 32.2. The summed E-state index contributed by atoms with van der Waals surface area (Å²) in [6, 6.07) is 8.24. The van der Waals surface area contributed by atoms with Crippen LogP contribution >= 0.6 is 0 Å². The second kappa shape index (κ2) is 6.73. The molecule has 0 unspecified atom stereocenters. The van der Waals surface area contributed by atoms with Crippen molar-refractivity contribution in [2.45, 2.75) is 23.8 Å². The van der Waals surface area contributed by atoms with Crippen molar-refractivity contribution >= 4 is 22.0 Å². The molecule has 116 valence electrons. The Bertz CT molecular complexity index is 713. The smallest absolute Gasteiger partial charge is 0.247 e. The number of carbonyl (C=O) groups is 1. The van der Waals surface area contributed by atoms with Crippen LogP contribution in [0.25, 0.3) is 6.08 Å². The highest BCUT2D eigenvalue weighted by molar-refractivity contribution is 7.89. The van der Waals surface area contributed by atoms with E-state index in [0.29, 0.717) is 5.56 Å². The molecule has 0 aliphatic heterocycles. The molecule has 1 saturated carbocycles. The summed E-state index contributed by atoms with van der Waals surface area (Å²) in [6.07, 6.45) is 4.71. The molecular formula is C15H17N3O3S. The van der Waals surface area contributed by atoms with E-state index in [-0.39, 0.29) is 23.4 Å². The van der Waals surface area contributed by atoms with Gasteiger partial charge in [0.15, 0.2) is 0 Å². The molecule has 22 heavy (non-hydrogen) atoms. The van der Waals surface area contributed by atoms with Crippen molar-refractivity contribution in [2.75, 3.05) is 13.6 Å². The van der Waals surface area contributed by atoms with Crippen molar-refractivity contribution in [2.24, 2.45) is 0 Å². The lowest BCUT2D eigenvalue weighted by atomic mass is 10.2. The quantitative estimate of drug-likeness (QED) is 0.628. The molecule has 6 nitrogen and oxygen atoms in total. The minimum atomic E-state index is -3.45. The fraction of sp³-hybridized carbons (Fsp3) is 0.333. The summed E-state index contributed by atoms with van der Waals surface area (Å²) in [4.78, 5) is 13.1. The predicted molar refractivity (Wildman–Crippen MR) is 82.1 cm³/mol. The molecule has 0 bridgehead atoms. The van der Waals surface area contributed by atoms with Gasteiger partial charge in [0.1, 0.15) is 6.54 Å². The van der Waals surface area contributed by atoms with Crippen molar-refractivity contribution < 1.29 is 13.2 Å². The van der Waals surface area contributed by atoms with Crippen molar-refractivity contribution in [3.8, 4) is 6.07 Å². The first-order chi connectivity index (χ1) is 10.4. The van der Waals surface area contributed by atoms with E-state index >= 15 is 0 Å². The Morgan fingerprint density at radius 3 is 2.59 bits per heavy atom. The van der Waals surface area contributed by atoms with Crippen LogP contribution in [0.1, 0.15) is 18.4 Å². The van der Waals surface area contributed by atoms with Crippen molar-refractivity contribution in [3.05, 3.63) is 35.9 Å². The monoisotopic (exact) mass is 319 g/mol. The highest BCUT2D eigenvalue weighted by Crippen LogP contribution is 2.22. The van der Waals surface area contributed by atoms with Gasteiger partial charge < -0.3 is 4.90 Å². The summed E-state index contributed by atoms with van der Waals surface area (Å²) in [5.41, 5.74) is 0.712. The predicted octanol–water partition coefficient (Wildman–Crippen LogP) is 1.12. The van der Waals surface area contributed by atoms with Crippen LogP contribution in [0, 0.1) is 11.3 Å². The van der Waals surface area contributed by atoms with Crippen LogP contribution in [0.5, 0.6) is 0 Å². The number of carbonyl (C=O) groups excluding carboxylic acids is 1. The third-order valence-electron chi connectivity index (χ3n) is 3.19. The molecule has 0 heterocycles. The number of nitriles is 1. The molecule has 0 atom stereocenters. The topological polar surface area (TPSA) is 90.3 Å². The first kappa shape index (κ1) is 16.2. The largest absolute Gasteiger partial charge is 0.329 e. The Morgan fingerprint density at radius 1 is 1.41 bits per heavy atom. The zero-order valence-corrected chi connectivity index (χ0v) is 13.0. The molecule has 0 aromatic heterocycles. The third-order valence-corrected chi connectivity index (χ3v) is 4.73. The molecule has 2 rings (SSSR count). The SMILES string of the molecule is CN(CC#N)C(=O)/C=C/c1ccc(S(=O)(=O)NC2CC2)cc1. The summed E-state index contributed by atoms with van der Waals surface area (Å²) < 4.78 is 26.6. The summed E-state index contributed by atoms with van der Waals surface area (Å²) in [5, 5.41) is 8.51. The fourth-order valence-electron chi connectivity index (χ4n) is 1.73. The molecule has 1 aromatic carbocycles. The molecule has 1 N–H and O–H groups in total. The van der Waals surface area contributed by atoms with Gasteiger partial charge >= 0.3 is 0 Å². The molecule has 1 amide bonds. The average molecular weight is 319 g/mol. The standard InChI is InChI=1S/C15H17N3O3S/c1-18(11-10-16)15(19)9-4-12-2-7-14(8-3-12)22(20,21)17-13-5-6-13/h2-4,7-9,13,17H,5-6,11H2,1H3/b9-4+. The van der Waals surface area contributed by atoms with Gasteiger partial charge in [-0.1, -0.05) is 12.1 Å². The number of hydrogen-bond acceptors (Lipinski definition) is 4. The average Bonchev–Trinajstić information content (AvgIpc) is 3.28. The molecule has 0 spiro atoms. The van der Waals surface area contributed by atoms with E-state index in [4.69, 9.17) is 5.26 Å². The number of likely N-dealkylation sites (N-methyl/N-ethyl adjacent to an activating group) is 1. The zero-order valence-electron chi connectivity index (χ0n) is 12.2. The number of benzene rings is 1. The molecule has 1 aliphatic carbocycles. The van der Waals surface area contributed by atoms with E-state index in [1.807, 2.05) is 6.07 Å². The van der Waals surface area contributed by atoms with Crippen LogP contribution in [0.2, 0.25) is 0 Å². The zero-order chi connectivity index (χ0) is 16.2. The van der Waals surface area contributed by atoms with E-state index in [9.17, 15) is 13.2 Å². The van der Waals surface area contributed by atoms with Gasteiger partial charge in [-0.2, -0.15) is 5.26 Å². The minimum absolute atomic E-state index is 0.0210. The van der Waals surface area contributed by atoms with Gasteiger partial charge in [-0.3, -0.25) is 4.79 Å². The van der Waals surface area contributed by atoms with Crippen LogP contribution in [0.4, 0.5) is 0 Å². The van der Waals surface area contributed by atoms with Crippen LogP contribution < -0.4 is 4.72 Å². The number of amides is 1. The van der Waals surface area contributed by atoms with Gasteiger partial charge in [-0.25, -0.2) is 13.1 Å². The van der Waals surface area contributed by atoms with Gasteiger partial charge in [0.25, 0.3) is 0 Å². The number of rotatable bonds is 6. The number of sulfonamides is 1. The third kappa shape index (κ3) is 4.41. The van der Waals surface area contributed by atoms with Gasteiger partial charge in [0.2, 0.25) is 15.9 Å². The highest BCUT2D eigenvalue weighted by Gasteiger charge is 2.27. The second-order valence-electron chi connectivity index (χ2n) is 5.15. The number of hydrogen-bond donors (Lipinski definition) is 1. The minimum Gasteiger partial charge on any atom is -0.329 e. The van der Waals surface area contributed by atoms with E-state index in [1.165, 1.54) is 30.2 Å². The van der Waals surface area contributed by atoms with Crippen LogP contribution in [-0.2, 0) is 14.8 Å². The Kier molecular flexibility index (Phi) is 4.96. The second-order valence-corrected chi connectivity index (χ2v) is 6.86. The maximum absolute atomic E-state index is 12.0. The molecular weight excluding hydrogens is 302 g/mol. The Balaban J connectivity index is 2.03. The van der Waals surface area contributed by atoms with E-state index in [1.54, 1.807) is 18.2 Å². The van der Waals surface area contributed by atoms with Crippen molar-refractivity contribution in [1.29, 1.82) is 5.26 Å². The normalized spacial score (nSPS) is 14.7. The Hall–Kier alpha value is -2.17. The molecule has 1 aromatic rings. The summed E-state index contributed by atoms with van der Waals surface area (Å²) in [7, 11) is -1.91. The lowest BCUT2D eigenvalue weighted by Gasteiger charge is -2.09. The summed E-state index contributed by atoms with van der Waals surface area (Å²) in [5.74, 6) is -0.284. The first-order valence-electron chi connectivity index (χ1n) is 6.85. The molecule has 1 aliphatic rings. The molecule has 1 fully saturated rings. The van der Waals surface area contributed by atoms with Gasteiger partial charge in [0.05, 0.1) is 11.0 Å². The van der Waals surface area contributed by atoms with Crippen molar-refractivity contribution in [3.63, 3.8) is 0 Å². The molecule has 0 radical (unpaired) electrons. The van der Waals surface area contributed by atoms with E-state index in [0.717, 1.165) is 12.8 Å². The number of nitrogens with one attached hydrogen (secondary N) is 1. The maximum atomic E-state index is 12.0. The van der Waals surface area contributed by atoms with Crippen molar-refractivity contribution in [1.82, 2.24) is 9.62 Å². The van der Waals surface area contributed by atoms with E-state index < -0.39 is 10.0 Å². The lowest BCUT2D eigenvalue weighted by Crippen LogP contribution is -2.25. The van der Waals surface area contributed by atoms with Crippen LogP contribution in [0.15, 0.2) is 35.2 Å². The van der Waals surface area contributed by atoms with Crippen LogP contribution in [-0.4, -0.2) is 38.9 Å². The molecule has 7 heteroatoms. The lowest BCUT2D eigenvalue weighted by molar-refractivity contribution is -0.124.